The third-order valence-corrected chi connectivity index (χ3v) is 5.82. The quantitative estimate of drug-likeness (QED) is 0.377. The summed E-state index contributed by atoms with van der Waals surface area (Å²) in [6, 6.07) is 16.6. The van der Waals surface area contributed by atoms with Crippen LogP contribution < -0.4 is 4.90 Å². The molecule has 1 amide bonds. The van der Waals surface area contributed by atoms with Crippen LogP contribution in [0, 0.1) is 5.92 Å². The van der Waals surface area contributed by atoms with Crippen LogP contribution in [0.15, 0.2) is 59.0 Å². The van der Waals surface area contributed by atoms with Crippen molar-refractivity contribution in [3.05, 3.63) is 66.1 Å². The smallest absolute Gasteiger partial charge is 0.444 e. The number of aromatic nitrogens is 2. The number of halogens is 3. The molecule has 37 heavy (non-hydrogen) atoms. The summed E-state index contributed by atoms with van der Waals surface area (Å²) in [6.45, 7) is 6.94. The van der Waals surface area contributed by atoms with Crippen LogP contribution in [0.1, 0.15) is 32.2 Å². The number of hydrogen-bond donors (Lipinski definition) is 0. The Bertz CT molecular complexity index is 1190. The van der Waals surface area contributed by atoms with Gasteiger partial charge < -0.3 is 23.7 Å². The summed E-state index contributed by atoms with van der Waals surface area (Å²) in [5.41, 5.74) is 1.64. The van der Waals surface area contributed by atoms with Gasteiger partial charge in [-0.15, -0.1) is 10.2 Å². The number of carbonyl (C=O) groups is 1. The van der Waals surface area contributed by atoms with Gasteiger partial charge in [0.15, 0.2) is 0 Å². The van der Waals surface area contributed by atoms with Gasteiger partial charge in [-0.2, -0.15) is 13.2 Å². The van der Waals surface area contributed by atoms with E-state index < -0.39 is 17.7 Å². The SMILES string of the molecule is COC(C1CN(C(=O)OC(C)(C)C)C1)N(Cc1ccc(-c2nnc(C(F)(F)F)o2)cc1)c1ccccc1. The number of ether oxygens (including phenoxy) is 2. The van der Waals surface area contributed by atoms with Crippen LogP contribution >= 0.6 is 0 Å². The number of para-hydroxylation sites is 1. The van der Waals surface area contributed by atoms with E-state index in [0.717, 1.165) is 11.3 Å². The molecule has 1 aromatic heterocycles. The van der Waals surface area contributed by atoms with E-state index in [1.165, 1.54) is 0 Å². The van der Waals surface area contributed by atoms with Gasteiger partial charge in [0.1, 0.15) is 11.8 Å². The fourth-order valence-electron chi connectivity index (χ4n) is 4.09. The Kier molecular flexibility index (Phi) is 7.44. The summed E-state index contributed by atoms with van der Waals surface area (Å²) < 4.78 is 54.5. The molecule has 1 aliphatic rings. The number of carbonyl (C=O) groups excluding carboxylic acids is 1. The lowest BCUT2D eigenvalue weighted by Gasteiger charge is -2.46. The molecular formula is C26H29F3N4O4. The van der Waals surface area contributed by atoms with Crippen molar-refractivity contribution >= 4 is 11.8 Å². The van der Waals surface area contributed by atoms with Crippen LogP contribution in [0.5, 0.6) is 0 Å². The lowest BCUT2D eigenvalue weighted by molar-refractivity contribution is -0.156. The predicted molar refractivity (Wildman–Crippen MR) is 129 cm³/mol. The molecule has 0 spiro atoms. The van der Waals surface area contributed by atoms with E-state index in [9.17, 15) is 18.0 Å². The first-order chi connectivity index (χ1) is 17.4. The number of alkyl halides is 3. The molecule has 0 N–H and O–H groups in total. The Labute approximate surface area is 213 Å². The molecule has 1 atom stereocenters. The lowest BCUT2D eigenvalue weighted by Crippen LogP contribution is -2.59. The number of hydrogen-bond acceptors (Lipinski definition) is 7. The molecule has 1 aliphatic heterocycles. The molecule has 1 fully saturated rings. The highest BCUT2D eigenvalue weighted by molar-refractivity contribution is 5.69. The fraction of sp³-hybridized carbons (Fsp3) is 0.423. The van der Waals surface area contributed by atoms with Crippen molar-refractivity contribution in [3.8, 4) is 11.5 Å². The molecule has 0 aliphatic carbocycles. The third kappa shape index (κ3) is 6.40. The zero-order valence-electron chi connectivity index (χ0n) is 21.0. The van der Waals surface area contributed by atoms with Crippen molar-refractivity contribution in [2.45, 2.75) is 45.3 Å². The van der Waals surface area contributed by atoms with E-state index in [1.54, 1.807) is 36.3 Å². The zero-order valence-corrected chi connectivity index (χ0v) is 21.0. The van der Waals surface area contributed by atoms with Gasteiger partial charge in [-0.3, -0.25) is 0 Å². The van der Waals surface area contributed by atoms with Crippen molar-refractivity contribution in [2.75, 3.05) is 25.1 Å². The summed E-state index contributed by atoms with van der Waals surface area (Å²) in [5.74, 6) is -1.54. The van der Waals surface area contributed by atoms with E-state index in [1.807, 2.05) is 51.1 Å². The average molecular weight is 519 g/mol. The summed E-state index contributed by atoms with van der Waals surface area (Å²) in [5, 5.41) is 6.59. The second kappa shape index (κ2) is 10.4. The molecule has 198 valence electrons. The molecule has 1 saturated heterocycles. The Morgan fingerprint density at radius 1 is 1.08 bits per heavy atom. The number of anilines is 1. The second-order valence-corrected chi connectivity index (χ2v) is 9.84. The standard InChI is InChI=1S/C26H29F3N4O4/c1-25(2,3)37-24(34)32-15-19(16-32)22(35-4)33(20-8-6-5-7-9-20)14-17-10-12-18(13-11-17)21-30-31-23(36-21)26(27,28)29/h5-13,19,22H,14-16H2,1-4H3. The highest BCUT2D eigenvalue weighted by atomic mass is 19.4. The summed E-state index contributed by atoms with van der Waals surface area (Å²) in [7, 11) is 1.63. The van der Waals surface area contributed by atoms with Crippen LogP contribution in [0.3, 0.4) is 0 Å². The Hall–Kier alpha value is -3.60. The maximum Gasteiger partial charge on any atom is 0.470 e. The molecule has 11 heteroatoms. The minimum atomic E-state index is -4.70. The van der Waals surface area contributed by atoms with Crippen molar-refractivity contribution in [1.82, 2.24) is 15.1 Å². The minimum Gasteiger partial charge on any atom is -0.444 e. The van der Waals surface area contributed by atoms with E-state index in [0.29, 0.717) is 25.2 Å². The molecule has 0 saturated carbocycles. The van der Waals surface area contributed by atoms with Gasteiger partial charge in [0.25, 0.3) is 0 Å². The van der Waals surface area contributed by atoms with Crippen molar-refractivity contribution < 1.29 is 31.9 Å². The van der Waals surface area contributed by atoms with Crippen molar-refractivity contribution in [2.24, 2.45) is 5.92 Å². The first-order valence-corrected chi connectivity index (χ1v) is 11.8. The third-order valence-electron chi connectivity index (χ3n) is 5.82. The van der Waals surface area contributed by atoms with Gasteiger partial charge in [-0.25, -0.2) is 4.79 Å². The van der Waals surface area contributed by atoms with Crippen LogP contribution in [-0.2, 0) is 22.2 Å². The number of nitrogens with zero attached hydrogens (tertiary/aromatic N) is 4. The predicted octanol–water partition coefficient (Wildman–Crippen LogP) is 5.60. The highest BCUT2D eigenvalue weighted by Gasteiger charge is 2.41. The molecule has 0 bridgehead atoms. The molecule has 3 aromatic rings. The molecule has 2 aromatic carbocycles. The van der Waals surface area contributed by atoms with E-state index in [-0.39, 0.29) is 24.1 Å². The van der Waals surface area contributed by atoms with E-state index in [2.05, 4.69) is 15.1 Å². The first kappa shape index (κ1) is 26.5. The monoisotopic (exact) mass is 518 g/mol. The Balaban J connectivity index is 1.49. The topological polar surface area (TPSA) is 80.9 Å². The Morgan fingerprint density at radius 2 is 1.73 bits per heavy atom. The number of amides is 1. The lowest BCUT2D eigenvalue weighted by atomic mass is 9.96. The van der Waals surface area contributed by atoms with E-state index >= 15 is 0 Å². The Morgan fingerprint density at radius 3 is 2.27 bits per heavy atom. The normalized spacial score (nSPS) is 15.3. The molecule has 0 radical (unpaired) electrons. The first-order valence-electron chi connectivity index (χ1n) is 11.8. The molecule has 1 unspecified atom stereocenters. The van der Waals surface area contributed by atoms with Crippen LogP contribution in [0.4, 0.5) is 23.7 Å². The maximum atomic E-state index is 12.8. The number of likely N-dealkylation sites (tertiary alicyclic amines) is 1. The van der Waals surface area contributed by atoms with Crippen LogP contribution in [-0.4, -0.2) is 53.2 Å². The van der Waals surface area contributed by atoms with Gasteiger partial charge >= 0.3 is 18.2 Å². The second-order valence-electron chi connectivity index (χ2n) is 9.84. The van der Waals surface area contributed by atoms with Gasteiger partial charge in [-0.05, 0) is 50.6 Å². The average Bonchev–Trinajstić information content (AvgIpc) is 3.31. The molecule has 8 nitrogen and oxygen atoms in total. The molecular weight excluding hydrogens is 489 g/mol. The zero-order chi connectivity index (χ0) is 26.8. The number of methoxy groups -OCH3 is 1. The van der Waals surface area contributed by atoms with Gasteiger partial charge in [0, 0.05) is 43.9 Å². The summed E-state index contributed by atoms with van der Waals surface area (Å²) in [6.07, 6.45) is -5.38. The fourth-order valence-corrected chi connectivity index (χ4v) is 4.09. The maximum absolute atomic E-state index is 12.8. The summed E-state index contributed by atoms with van der Waals surface area (Å²) in [4.78, 5) is 16.2. The van der Waals surface area contributed by atoms with Gasteiger partial charge in [0.05, 0.1) is 0 Å². The largest absolute Gasteiger partial charge is 0.470 e. The minimum absolute atomic E-state index is 0.0520. The van der Waals surface area contributed by atoms with Crippen LogP contribution in [0.2, 0.25) is 0 Å². The van der Waals surface area contributed by atoms with Gasteiger partial charge in [0.2, 0.25) is 5.89 Å². The summed E-state index contributed by atoms with van der Waals surface area (Å²) >= 11 is 0. The van der Waals surface area contributed by atoms with Crippen molar-refractivity contribution in [3.63, 3.8) is 0 Å². The number of rotatable bonds is 7. The molecule has 4 rings (SSSR count). The van der Waals surface area contributed by atoms with E-state index in [4.69, 9.17) is 13.9 Å². The van der Waals surface area contributed by atoms with Crippen molar-refractivity contribution in [1.29, 1.82) is 0 Å². The molecule has 2 heterocycles. The van der Waals surface area contributed by atoms with Crippen LogP contribution in [0.25, 0.3) is 11.5 Å². The highest BCUT2D eigenvalue weighted by Crippen LogP contribution is 2.32. The van der Waals surface area contributed by atoms with Gasteiger partial charge in [-0.1, -0.05) is 30.3 Å². The number of benzene rings is 2.